The molecular formula is C28H23F3N4O3. The van der Waals surface area contributed by atoms with Crippen LogP contribution >= 0.6 is 0 Å². The Morgan fingerprint density at radius 2 is 1.68 bits per heavy atom. The number of rotatable bonds is 8. The van der Waals surface area contributed by atoms with Crippen molar-refractivity contribution < 1.29 is 27.8 Å². The first-order valence-corrected chi connectivity index (χ1v) is 12.0. The number of aliphatic carboxylic acids is 1. The number of nitrogens with zero attached hydrogens (tertiary/aromatic N) is 4. The number of alkyl halides is 3. The summed E-state index contributed by atoms with van der Waals surface area (Å²) < 4.78 is 41.9. The first-order chi connectivity index (χ1) is 18.2. The van der Waals surface area contributed by atoms with Crippen molar-refractivity contribution in [3.05, 3.63) is 90.3 Å². The molecule has 0 radical (unpaired) electrons. The SMILES string of the molecule is O=C(O)CCCN1N=C(c2ccc(-c3cccc(OC(F)(F)F)c3)cc2)CC1c1ccc2nccnc2c1. The Kier molecular flexibility index (Phi) is 6.95. The Morgan fingerprint density at radius 1 is 0.947 bits per heavy atom. The average Bonchev–Trinajstić information content (AvgIpc) is 3.31. The van der Waals surface area contributed by atoms with E-state index in [1.54, 1.807) is 18.5 Å². The van der Waals surface area contributed by atoms with Gasteiger partial charge in [0.05, 0.1) is 22.8 Å². The van der Waals surface area contributed by atoms with Gasteiger partial charge < -0.3 is 9.84 Å². The van der Waals surface area contributed by atoms with Crippen molar-refractivity contribution in [1.29, 1.82) is 0 Å². The minimum atomic E-state index is -4.76. The summed E-state index contributed by atoms with van der Waals surface area (Å²) in [6.07, 6.45) is -0.380. The van der Waals surface area contributed by atoms with Crippen LogP contribution in [-0.4, -0.2) is 44.7 Å². The number of carboxylic acids is 1. The highest BCUT2D eigenvalue weighted by Crippen LogP contribution is 2.35. The molecule has 0 aliphatic carbocycles. The van der Waals surface area contributed by atoms with Crippen LogP contribution in [0, 0.1) is 0 Å². The van der Waals surface area contributed by atoms with Gasteiger partial charge in [-0.15, -0.1) is 13.2 Å². The van der Waals surface area contributed by atoms with Gasteiger partial charge in [0.1, 0.15) is 5.75 Å². The van der Waals surface area contributed by atoms with E-state index >= 15 is 0 Å². The third kappa shape index (κ3) is 5.91. The quantitative estimate of drug-likeness (QED) is 0.297. The summed E-state index contributed by atoms with van der Waals surface area (Å²) in [5.74, 6) is -1.13. The van der Waals surface area contributed by atoms with E-state index < -0.39 is 12.3 Å². The van der Waals surface area contributed by atoms with Gasteiger partial charge in [0, 0.05) is 31.8 Å². The third-order valence-corrected chi connectivity index (χ3v) is 6.27. The van der Waals surface area contributed by atoms with Crippen LogP contribution in [-0.2, 0) is 4.79 Å². The molecule has 1 N–H and O–H groups in total. The zero-order valence-corrected chi connectivity index (χ0v) is 20.1. The maximum absolute atomic E-state index is 12.6. The minimum absolute atomic E-state index is 0.0447. The van der Waals surface area contributed by atoms with Gasteiger partial charge in [-0.2, -0.15) is 5.10 Å². The molecule has 194 valence electrons. The van der Waals surface area contributed by atoms with Crippen molar-refractivity contribution in [2.45, 2.75) is 31.7 Å². The van der Waals surface area contributed by atoms with Crippen LogP contribution in [0.15, 0.2) is 84.2 Å². The number of carbonyl (C=O) groups is 1. The molecule has 0 fully saturated rings. The summed E-state index contributed by atoms with van der Waals surface area (Å²) in [5, 5.41) is 15.8. The fourth-order valence-corrected chi connectivity index (χ4v) is 4.53. The zero-order chi connectivity index (χ0) is 26.7. The molecule has 0 bridgehead atoms. The summed E-state index contributed by atoms with van der Waals surface area (Å²) >= 11 is 0. The summed E-state index contributed by atoms with van der Waals surface area (Å²) in [4.78, 5) is 19.8. The molecule has 5 rings (SSSR count). The highest BCUT2D eigenvalue weighted by Gasteiger charge is 2.31. The van der Waals surface area contributed by atoms with Gasteiger partial charge in [0.25, 0.3) is 0 Å². The number of halogens is 3. The van der Waals surface area contributed by atoms with E-state index in [4.69, 9.17) is 10.2 Å². The van der Waals surface area contributed by atoms with Gasteiger partial charge in [-0.1, -0.05) is 42.5 Å². The van der Waals surface area contributed by atoms with Crippen LogP contribution in [0.25, 0.3) is 22.2 Å². The van der Waals surface area contributed by atoms with Gasteiger partial charge in [-0.05, 0) is 52.9 Å². The molecule has 1 aliphatic heterocycles. The standard InChI is InChI=1S/C28H23F3N4O3/c29-28(30,31)38-22-4-1-3-20(15-22)18-6-8-19(9-7-18)24-17-26(35(34-24)14-2-5-27(36)37)21-10-11-23-25(16-21)33-13-12-32-23/h1,3-4,6-13,15-16,26H,2,5,14,17H2,(H,36,37). The number of fused-ring (bicyclic) bond motifs is 1. The molecule has 1 aliphatic rings. The second kappa shape index (κ2) is 10.5. The van der Waals surface area contributed by atoms with Gasteiger partial charge >= 0.3 is 12.3 Å². The number of hydrogen-bond acceptors (Lipinski definition) is 6. The largest absolute Gasteiger partial charge is 0.573 e. The lowest BCUT2D eigenvalue weighted by Gasteiger charge is -2.23. The molecule has 0 saturated carbocycles. The predicted octanol–water partition coefficient (Wildman–Crippen LogP) is 6.21. The monoisotopic (exact) mass is 520 g/mol. The molecular weight excluding hydrogens is 497 g/mol. The Balaban J connectivity index is 1.38. The summed E-state index contributed by atoms with van der Waals surface area (Å²) in [6, 6.07) is 19.1. The zero-order valence-electron chi connectivity index (χ0n) is 20.1. The van der Waals surface area contributed by atoms with Crippen molar-refractivity contribution in [2.24, 2.45) is 5.10 Å². The molecule has 1 aromatic heterocycles. The summed E-state index contributed by atoms with van der Waals surface area (Å²) in [7, 11) is 0. The highest BCUT2D eigenvalue weighted by molar-refractivity contribution is 6.02. The van der Waals surface area contributed by atoms with Crippen LogP contribution in [0.5, 0.6) is 5.75 Å². The maximum atomic E-state index is 12.6. The van der Waals surface area contributed by atoms with Crippen molar-refractivity contribution in [3.63, 3.8) is 0 Å². The van der Waals surface area contributed by atoms with Gasteiger partial charge in [-0.3, -0.25) is 19.8 Å². The Bertz CT molecular complexity index is 1490. The molecule has 2 heterocycles. The summed E-state index contributed by atoms with van der Waals surface area (Å²) in [6.45, 7) is 0.475. The first-order valence-electron chi connectivity index (χ1n) is 12.0. The maximum Gasteiger partial charge on any atom is 0.573 e. The van der Waals surface area contributed by atoms with E-state index in [1.165, 1.54) is 18.2 Å². The second-order valence-electron chi connectivity index (χ2n) is 8.88. The predicted molar refractivity (Wildman–Crippen MR) is 136 cm³/mol. The number of hydrazone groups is 1. The lowest BCUT2D eigenvalue weighted by molar-refractivity contribution is -0.274. The van der Waals surface area contributed by atoms with E-state index in [0.717, 1.165) is 33.4 Å². The lowest BCUT2D eigenvalue weighted by Crippen LogP contribution is -2.21. The fraction of sp³-hybridized carbons (Fsp3) is 0.214. The number of aromatic nitrogens is 2. The van der Waals surface area contributed by atoms with Crippen molar-refractivity contribution in [1.82, 2.24) is 15.0 Å². The molecule has 0 saturated heterocycles. The first kappa shape index (κ1) is 25.2. The Hall–Kier alpha value is -4.47. The molecule has 7 nitrogen and oxygen atoms in total. The number of carboxylic acid groups (broad SMARTS) is 1. The molecule has 1 unspecified atom stereocenters. The van der Waals surface area contributed by atoms with E-state index in [0.29, 0.717) is 24.9 Å². The second-order valence-corrected chi connectivity index (χ2v) is 8.88. The van der Waals surface area contributed by atoms with Gasteiger partial charge in [0.15, 0.2) is 0 Å². The normalized spacial score (nSPS) is 15.5. The highest BCUT2D eigenvalue weighted by atomic mass is 19.4. The molecule has 0 amide bonds. The van der Waals surface area contributed by atoms with Crippen LogP contribution in [0.4, 0.5) is 13.2 Å². The van der Waals surface area contributed by atoms with E-state index in [1.807, 2.05) is 47.5 Å². The lowest BCUT2D eigenvalue weighted by atomic mass is 9.96. The van der Waals surface area contributed by atoms with Crippen molar-refractivity contribution in [3.8, 4) is 16.9 Å². The van der Waals surface area contributed by atoms with Gasteiger partial charge in [0.2, 0.25) is 0 Å². The number of ether oxygens (including phenoxy) is 1. The number of benzene rings is 3. The molecule has 0 spiro atoms. The summed E-state index contributed by atoms with van der Waals surface area (Å²) in [5.41, 5.74) is 5.61. The molecule has 10 heteroatoms. The topological polar surface area (TPSA) is 87.9 Å². The van der Waals surface area contributed by atoms with Crippen LogP contribution < -0.4 is 4.74 Å². The van der Waals surface area contributed by atoms with Gasteiger partial charge in [-0.25, -0.2) is 0 Å². The number of hydrogen-bond donors (Lipinski definition) is 1. The van der Waals surface area contributed by atoms with E-state index in [9.17, 15) is 18.0 Å². The van der Waals surface area contributed by atoms with Crippen LogP contribution in [0.3, 0.4) is 0 Å². The fourth-order valence-electron chi connectivity index (χ4n) is 4.53. The van der Waals surface area contributed by atoms with Crippen molar-refractivity contribution >= 4 is 22.7 Å². The van der Waals surface area contributed by atoms with Crippen LogP contribution in [0.1, 0.15) is 36.4 Å². The van der Waals surface area contributed by atoms with E-state index in [2.05, 4.69) is 14.7 Å². The Morgan fingerprint density at radius 3 is 2.42 bits per heavy atom. The molecule has 1 atom stereocenters. The van der Waals surface area contributed by atoms with Crippen LogP contribution in [0.2, 0.25) is 0 Å². The minimum Gasteiger partial charge on any atom is -0.481 e. The van der Waals surface area contributed by atoms with Crippen molar-refractivity contribution in [2.75, 3.05) is 6.54 Å². The average molecular weight is 521 g/mol. The smallest absolute Gasteiger partial charge is 0.481 e. The molecule has 38 heavy (non-hydrogen) atoms. The van der Waals surface area contributed by atoms with E-state index in [-0.39, 0.29) is 18.2 Å². The molecule has 4 aromatic rings. The molecule has 3 aromatic carbocycles. The third-order valence-electron chi connectivity index (χ3n) is 6.27. The Labute approximate surface area is 216 Å².